The molecule has 0 atom stereocenters. The zero-order valence-electron chi connectivity index (χ0n) is 8.95. The monoisotopic (exact) mass is 268 g/mol. The summed E-state index contributed by atoms with van der Waals surface area (Å²) in [7, 11) is 0. The average molecular weight is 269 g/mol. The Labute approximate surface area is 106 Å². The minimum atomic E-state index is -1.25. The molecule has 0 spiro atoms. The van der Waals surface area contributed by atoms with Gasteiger partial charge in [0.15, 0.2) is 0 Å². The third kappa shape index (κ3) is 2.65. The molecule has 0 aliphatic rings. The van der Waals surface area contributed by atoms with Crippen molar-refractivity contribution in [2.75, 3.05) is 0 Å². The molecule has 0 aromatic heterocycles. The number of carbonyl (C=O) groups is 1. The van der Waals surface area contributed by atoms with E-state index in [2.05, 4.69) is 0 Å². The van der Waals surface area contributed by atoms with Gasteiger partial charge in [0.2, 0.25) is 0 Å². The van der Waals surface area contributed by atoms with Crippen molar-refractivity contribution >= 4 is 17.6 Å². The van der Waals surface area contributed by atoms with E-state index >= 15 is 0 Å². The SMILES string of the molecule is O=C(O)c1cc(F)cc(-c2cc(F)cc(Cl)c2)c1. The second-order valence-corrected chi connectivity index (χ2v) is 4.13. The number of halogens is 3. The van der Waals surface area contributed by atoms with Crippen LogP contribution in [0.4, 0.5) is 8.78 Å². The molecule has 0 saturated heterocycles. The van der Waals surface area contributed by atoms with E-state index in [-0.39, 0.29) is 16.1 Å². The van der Waals surface area contributed by atoms with Crippen LogP contribution in [0.15, 0.2) is 36.4 Å². The maximum absolute atomic E-state index is 13.3. The summed E-state index contributed by atoms with van der Waals surface area (Å²) in [4.78, 5) is 10.8. The summed E-state index contributed by atoms with van der Waals surface area (Å²) < 4.78 is 26.5. The van der Waals surface area contributed by atoms with Gasteiger partial charge in [-0.1, -0.05) is 11.6 Å². The fourth-order valence-corrected chi connectivity index (χ4v) is 1.82. The van der Waals surface area contributed by atoms with E-state index < -0.39 is 17.6 Å². The van der Waals surface area contributed by atoms with Crippen LogP contribution in [0.2, 0.25) is 5.02 Å². The van der Waals surface area contributed by atoms with Gasteiger partial charge in [0.05, 0.1) is 5.56 Å². The average Bonchev–Trinajstić information content (AvgIpc) is 2.26. The molecule has 0 amide bonds. The highest BCUT2D eigenvalue weighted by atomic mass is 35.5. The van der Waals surface area contributed by atoms with Gasteiger partial charge in [-0.15, -0.1) is 0 Å². The van der Waals surface area contributed by atoms with E-state index in [9.17, 15) is 13.6 Å². The van der Waals surface area contributed by atoms with Crippen molar-refractivity contribution in [3.05, 3.63) is 58.6 Å². The molecule has 2 aromatic carbocycles. The van der Waals surface area contributed by atoms with Gasteiger partial charge < -0.3 is 5.11 Å². The summed E-state index contributed by atoms with van der Waals surface area (Å²) >= 11 is 5.69. The van der Waals surface area contributed by atoms with Crippen LogP contribution < -0.4 is 0 Å². The Balaban J connectivity index is 2.59. The molecule has 0 bridgehead atoms. The summed E-state index contributed by atoms with van der Waals surface area (Å²) in [6, 6.07) is 6.99. The van der Waals surface area contributed by atoms with Gasteiger partial charge in [0.1, 0.15) is 11.6 Å². The fourth-order valence-electron chi connectivity index (χ4n) is 1.60. The van der Waals surface area contributed by atoms with Gasteiger partial charge in [0.25, 0.3) is 0 Å². The van der Waals surface area contributed by atoms with Crippen molar-refractivity contribution in [3.8, 4) is 11.1 Å². The molecule has 0 aliphatic heterocycles. The highest BCUT2D eigenvalue weighted by molar-refractivity contribution is 6.30. The Morgan fingerprint density at radius 2 is 1.50 bits per heavy atom. The molecule has 0 heterocycles. The first-order chi connectivity index (χ1) is 8.45. The number of carboxylic acids is 1. The van der Waals surface area contributed by atoms with Crippen molar-refractivity contribution in [3.63, 3.8) is 0 Å². The number of hydrogen-bond acceptors (Lipinski definition) is 1. The molecule has 0 aliphatic carbocycles. The van der Waals surface area contributed by atoms with Crippen molar-refractivity contribution in [1.82, 2.24) is 0 Å². The van der Waals surface area contributed by atoms with Crippen molar-refractivity contribution in [1.29, 1.82) is 0 Å². The molecular formula is C13H7ClF2O2. The third-order valence-electron chi connectivity index (χ3n) is 2.34. The van der Waals surface area contributed by atoms with Crippen LogP contribution >= 0.6 is 11.6 Å². The van der Waals surface area contributed by atoms with Crippen molar-refractivity contribution in [2.45, 2.75) is 0 Å². The lowest BCUT2D eigenvalue weighted by atomic mass is 10.0. The number of hydrogen-bond donors (Lipinski definition) is 1. The van der Waals surface area contributed by atoms with Crippen LogP contribution in [0.5, 0.6) is 0 Å². The van der Waals surface area contributed by atoms with Crippen LogP contribution in [0.25, 0.3) is 11.1 Å². The zero-order chi connectivity index (χ0) is 13.3. The van der Waals surface area contributed by atoms with E-state index in [1.807, 2.05) is 0 Å². The van der Waals surface area contributed by atoms with Gasteiger partial charge >= 0.3 is 5.97 Å². The molecule has 1 N–H and O–H groups in total. The maximum atomic E-state index is 13.3. The van der Waals surface area contributed by atoms with E-state index in [0.717, 1.165) is 24.3 Å². The largest absolute Gasteiger partial charge is 0.478 e. The number of rotatable bonds is 2. The molecular weight excluding hydrogens is 262 g/mol. The van der Waals surface area contributed by atoms with Gasteiger partial charge in [-0.3, -0.25) is 0 Å². The summed E-state index contributed by atoms with van der Waals surface area (Å²) in [6.45, 7) is 0. The molecule has 0 radical (unpaired) electrons. The van der Waals surface area contributed by atoms with Crippen molar-refractivity contribution < 1.29 is 18.7 Å². The smallest absolute Gasteiger partial charge is 0.335 e. The first-order valence-corrected chi connectivity index (χ1v) is 5.34. The van der Waals surface area contributed by atoms with Gasteiger partial charge in [-0.05, 0) is 47.5 Å². The first-order valence-electron chi connectivity index (χ1n) is 4.96. The molecule has 0 fully saturated rings. The molecule has 18 heavy (non-hydrogen) atoms. The van der Waals surface area contributed by atoms with Crippen LogP contribution in [0, 0.1) is 11.6 Å². The van der Waals surface area contributed by atoms with Gasteiger partial charge in [0, 0.05) is 5.02 Å². The second-order valence-electron chi connectivity index (χ2n) is 3.69. The summed E-state index contributed by atoms with van der Waals surface area (Å²) in [5.74, 6) is -2.53. The molecule has 2 rings (SSSR count). The van der Waals surface area contributed by atoms with Gasteiger partial charge in [-0.25, -0.2) is 13.6 Å². The summed E-state index contributed by atoms with van der Waals surface area (Å²) in [5.41, 5.74) is 0.376. The topological polar surface area (TPSA) is 37.3 Å². The summed E-state index contributed by atoms with van der Waals surface area (Å²) in [6.07, 6.45) is 0. The lowest BCUT2D eigenvalue weighted by Crippen LogP contribution is -1.97. The summed E-state index contributed by atoms with van der Waals surface area (Å²) in [5, 5.41) is 8.98. The molecule has 0 unspecified atom stereocenters. The van der Waals surface area contributed by atoms with Crippen LogP contribution in [-0.2, 0) is 0 Å². The molecule has 2 nitrogen and oxygen atoms in total. The zero-order valence-corrected chi connectivity index (χ0v) is 9.71. The Morgan fingerprint density at radius 3 is 2.06 bits per heavy atom. The Hall–Kier alpha value is -1.94. The number of aromatic carboxylic acids is 1. The second kappa shape index (κ2) is 4.74. The first kappa shape index (κ1) is 12.5. The Morgan fingerprint density at radius 1 is 0.944 bits per heavy atom. The fraction of sp³-hybridized carbons (Fsp3) is 0. The van der Waals surface area contributed by atoms with Crippen LogP contribution in [-0.4, -0.2) is 11.1 Å². The van der Waals surface area contributed by atoms with Crippen molar-refractivity contribution in [2.24, 2.45) is 0 Å². The minimum absolute atomic E-state index is 0.158. The highest BCUT2D eigenvalue weighted by Crippen LogP contribution is 2.26. The van der Waals surface area contributed by atoms with E-state index in [1.54, 1.807) is 0 Å². The van der Waals surface area contributed by atoms with E-state index in [0.29, 0.717) is 5.56 Å². The lowest BCUT2D eigenvalue weighted by Gasteiger charge is -2.05. The molecule has 0 saturated carbocycles. The lowest BCUT2D eigenvalue weighted by molar-refractivity contribution is 0.0696. The van der Waals surface area contributed by atoms with Crippen LogP contribution in [0.1, 0.15) is 10.4 Å². The molecule has 5 heteroatoms. The predicted octanol–water partition coefficient (Wildman–Crippen LogP) is 3.98. The number of benzene rings is 2. The standard InChI is InChI=1S/C13H7ClF2O2/c14-10-2-8(4-12(16)6-10)7-1-9(13(17)18)5-11(15)3-7/h1-6H,(H,17,18). The Bertz CT molecular complexity index is 606. The number of carboxylic acid groups (broad SMARTS) is 1. The minimum Gasteiger partial charge on any atom is -0.478 e. The Kier molecular flexibility index (Phi) is 3.30. The van der Waals surface area contributed by atoms with E-state index in [4.69, 9.17) is 16.7 Å². The normalized spacial score (nSPS) is 10.4. The van der Waals surface area contributed by atoms with Crippen LogP contribution in [0.3, 0.4) is 0 Å². The van der Waals surface area contributed by atoms with Gasteiger partial charge in [-0.2, -0.15) is 0 Å². The molecule has 92 valence electrons. The highest BCUT2D eigenvalue weighted by Gasteiger charge is 2.09. The predicted molar refractivity (Wildman–Crippen MR) is 63.8 cm³/mol. The quantitative estimate of drug-likeness (QED) is 0.894. The molecule has 2 aromatic rings. The maximum Gasteiger partial charge on any atom is 0.335 e. The third-order valence-corrected chi connectivity index (χ3v) is 2.56. The van der Waals surface area contributed by atoms with E-state index in [1.165, 1.54) is 12.1 Å².